The topological polar surface area (TPSA) is 29.1 Å². The molecule has 98 valence electrons. The van der Waals surface area contributed by atoms with Crippen LogP contribution in [0.5, 0.6) is 0 Å². The Bertz CT molecular complexity index is 617. The van der Waals surface area contributed by atoms with Crippen LogP contribution < -0.4 is 5.32 Å². The summed E-state index contributed by atoms with van der Waals surface area (Å²) in [7, 11) is 0. The molecule has 2 aromatic rings. The van der Waals surface area contributed by atoms with Crippen molar-refractivity contribution in [1.29, 1.82) is 0 Å². The van der Waals surface area contributed by atoms with E-state index in [-0.39, 0.29) is 5.56 Å². The third-order valence-corrected chi connectivity index (χ3v) is 4.06. The molecule has 0 radical (unpaired) electrons. The predicted octanol–water partition coefficient (Wildman–Crippen LogP) is 4.46. The molecule has 0 saturated carbocycles. The van der Waals surface area contributed by atoms with Gasteiger partial charge in [-0.1, -0.05) is 28.1 Å². The molecule has 0 atom stereocenters. The summed E-state index contributed by atoms with van der Waals surface area (Å²) in [6.45, 7) is 3.88. The van der Waals surface area contributed by atoms with Crippen LogP contribution in [-0.4, -0.2) is 5.91 Å². The summed E-state index contributed by atoms with van der Waals surface area (Å²) in [5.41, 5.74) is 2.74. The van der Waals surface area contributed by atoms with Gasteiger partial charge in [-0.15, -0.1) is 0 Å². The molecule has 0 spiro atoms. The maximum atomic E-state index is 13.5. The Hall–Kier alpha value is -1.68. The molecule has 2 rings (SSSR count). The normalized spacial score (nSPS) is 10.3. The van der Waals surface area contributed by atoms with Crippen molar-refractivity contribution in [3.05, 3.63) is 63.4 Å². The fourth-order valence-electron chi connectivity index (χ4n) is 1.86. The highest BCUT2D eigenvalue weighted by molar-refractivity contribution is 9.10. The molecular weight excluding hydrogens is 309 g/mol. The van der Waals surface area contributed by atoms with E-state index in [0.717, 1.165) is 15.6 Å². The molecule has 19 heavy (non-hydrogen) atoms. The lowest BCUT2D eigenvalue weighted by Gasteiger charge is -2.10. The molecule has 1 N–H and O–H groups in total. The Balaban J connectivity index is 2.27. The number of hydrogen-bond donors (Lipinski definition) is 1. The van der Waals surface area contributed by atoms with Gasteiger partial charge in [-0.2, -0.15) is 0 Å². The number of anilines is 1. The van der Waals surface area contributed by atoms with Crippen LogP contribution >= 0.6 is 15.9 Å². The average molecular weight is 322 g/mol. The number of amides is 1. The summed E-state index contributed by atoms with van der Waals surface area (Å²) < 4.78 is 14.5. The lowest BCUT2D eigenvalue weighted by molar-refractivity contribution is 0.102. The van der Waals surface area contributed by atoms with Crippen molar-refractivity contribution in [3.8, 4) is 0 Å². The minimum Gasteiger partial charge on any atom is -0.322 e. The number of hydrogen-bond acceptors (Lipinski definition) is 1. The van der Waals surface area contributed by atoms with Crippen LogP contribution in [0.3, 0.4) is 0 Å². The monoisotopic (exact) mass is 321 g/mol. The van der Waals surface area contributed by atoms with E-state index in [4.69, 9.17) is 0 Å². The lowest BCUT2D eigenvalue weighted by atomic mass is 10.1. The second kappa shape index (κ2) is 5.53. The van der Waals surface area contributed by atoms with Gasteiger partial charge in [-0.3, -0.25) is 4.79 Å². The molecular formula is C15H13BrFNO. The molecule has 0 aromatic heterocycles. The summed E-state index contributed by atoms with van der Waals surface area (Å²) in [6.07, 6.45) is 0. The first kappa shape index (κ1) is 13.7. The number of rotatable bonds is 2. The first-order valence-electron chi connectivity index (χ1n) is 5.81. The summed E-state index contributed by atoms with van der Waals surface area (Å²) in [6, 6.07) is 9.61. The van der Waals surface area contributed by atoms with Crippen molar-refractivity contribution >= 4 is 27.5 Å². The van der Waals surface area contributed by atoms with E-state index >= 15 is 0 Å². The van der Waals surface area contributed by atoms with Crippen molar-refractivity contribution in [2.24, 2.45) is 0 Å². The third kappa shape index (κ3) is 3.01. The quantitative estimate of drug-likeness (QED) is 0.869. The smallest absolute Gasteiger partial charge is 0.258 e. The number of benzene rings is 2. The van der Waals surface area contributed by atoms with Gasteiger partial charge < -0.3 is 5.32 Å². The van der Waals surface area contributed by atoms with Gasteiger partial charge in [0.1, 0.15) is 5.82 Å². The number of halogens is 2. The van der Waals surface area contributed by atoms with Gasteiger partial charge in [0.15, 0.2) is 0 Å². The van der Waals surface area contributed by atoms with E-state index in [1.54, 1.807) is 12.1 Å². The van der Waals surface area contributed by atoms with Crippen molar-refractivity contribution in [1.82, 2.24) is 0 Å². The highest BCUT2D eigenvalue weighted by Crippen LogP contribution is 2.25. The standard InChI is InChI=1S/C15H13BrFNO/c1-9-7-11(8-10(2)14(9)16)18-15(19)12-5-3-4-6-13(12)17/h3-8H,1-2H3,(H,18,19). The molecule has 4 heteroatoms. The first-order chi connectivity index (χ1) is 8.99. The number of aryl methyl sites for hydroxylation is 2. The number of nitrogens with one attached hydrogen (secondary N) is 1. The van der Waals surface area contributed by atoms with Crippen LogP contribution in [0.2, 0.25) is 0 Å². The Morgan fingerprint density at radius 1 is 1.16 bits per heavy atom. The fraction of sp³-hybridized carbons (Fsp3) is 0.133. The second-order valence-corrected chi connectivity index (χ2v) is 5.15. The molecule has 0 heterocycles. The van der Waals surface area contributed by atoms with E-state index in [1.165, 1.54) is 12.1 Å². The number of carbonyl (C=O) groups excluding carboxylic acids is 1. The van der Waals surface area contributed by atoms with Gasteiger partial charge >= 0.3 is 0 Å². The zero-order chi connectivity index (χ0) is 14.0. The fourth-order valence-corrected chi connectivity index (χ4v) is 2.09. The van der Waals surface area contributed by atoms with Gasteiger partial charge in [0.2, 0.25) is 0 Å². The van der Waals surface area contributed by atoms with Gasteiger partial charge in [0, 0.05) is 10.2 Å². The SMILES string of the molecule is Cc1cc(NC(=O)c2ccccc2F)cc(C)c1Br. The van der Waals surface area contributed by atoms with E-state index in [9.17, 15) is 9.18 Å². The molecule has 0 fully saturated rings. The Morgan fingerprint density at radius 3 is 2.32 bits per heavy atom. The number of carbonyl (C=O) groups is 1. The zero-order valence-corrected chi connectivity index (χ0v) is 12.2. The second-order valence-electron chi connectivity index (χ2n) is 4.36. The average Bonchev–Trinajstić information content (AvgIpc) is 2.36. The Morgan fingerprint density at radius 2 is 1.74 bits per heavy atom. The van der Waals surface area contributed by atoms with Crippen LogP contribution in [0, 0.1) is 19.7 Å². The third-order valence-electron chi connectivity index (χ3n) is 2.81. The van der Waals surface area contributed by atoms with Gasteiger partial charge in [0.25, 0.3) is 5.91 Å². The summed E-state index contributed by atoms with van der Waals surface area (Å²) >= 11 is 3.46. The minimum atomic E-state index is -0.523. The van der Waals surface area contributed by atoms with Crippen molar-refractivity contribution in [2.75, 3.05) is 5.32 Å². The molecule has 0 aliphatic rings. The largest absolute Gasteiger partial charge is 0.322 e. The maximum Gasteiger partial charge on any atom is 0.258 e. The molecule has 2 aromatic carbocycles. The van der Waals surface area contributed by atoms with Gasteiger partial charge in [-0.25, -0.2) is 4.39 Å². The Labute approximate surface area is 119 Å². The van der Waals surface area contributed by atoms with E-state index in [0.29, 0.717) is 5.69 Å². The molecule has 0 unspecified atom stereocenters. The van der Waals surface area contributed by atoms with Gasteiger partial charge in [0.05, 0.1) is 5.56 Å². The molecule has 0 aliphatic carbocycles. The van der Waals surface area contributed by atoms with Crippen LogP contribution in [0.15, 0.2) is 40.9 Å². The molecule has 1 amide bonds. The molecule has 0 bridgehead atoms. The highest BCUT2D eigenvalue weighted by Gasteiger charge is 2.11. The van der Waals surface area contributed by atoms with Crippen LogP contribution in [0.25, 0.3) is 0 Å². The molecule has 0 saturated heterocycles. The maximum absolute atomic E-state index is 13.5. The molecule has 0 aliphatic heterocycles. The summed E-state index contributed by atoms with van der Waals surface area (Å²) in [4.78, 5) is 12.0. The Kier molecular flexibility index (Phi) is 4.00. The summed E-state index contributed by atoms with van der Waals surface area (Å²) in [5.74, 6) is -0.968. The van der Waals surface area contributed by atoms with E-state index < -0.39 is 11.7 Å². The van der Waals surface area contributed by atoms with Crippen LogP contribution in [0.4, 0.5) is 10.1 Å². The van der Waals surface area contributed by atoms with Crippen molar-refractivity contribution in [3.63, 3.8) is 0 Å². The van der Waals surface area contributed by atoms with Crippen molar-refractivity contribution in [2.45, 2.75) is 13.8 Å². The lowest BCUT2D eigenvalue weighted by Crippen LogP contribution is -2.13. The van der Waals surface area contributed by atoms with Gasteiger partial charge in [-0.05, 0) is 49.2 Å². The zero-order valence-electron chi connectivity index (χ0n) is 10.6. The van der Waals surface area contributed by atoms with E-state index in [2.05, 4.69) is 21.2 Å². The first-order valence-corrected chi connectivity index (χ1v) is 6.61. The van der Waals surface area contributed by atoms with Crippen LogP contribution in [-0.2, 0) is 0 Å². The highest BCUT2D eigenvalue weighted by atomic mass is 79.9. The molecule has 2 nitrogen and oxygen atoms in total. The van der Waals surface area contributed by atoms with Crippen LogP contribution in [0.1, 0.15) is 21.5 Å². The minimum absolute atomic E-state index is 0.0423. The predicted molar refractivity (Wildman–Crippen MR) is 78.0 cm³/mol. The summed E-state index contributed by atoms with van der Waals surface area (Å²) in [5, 5.41) is 2.71. The van der Waals surface area contributed by atoms with Crippen molar-refractivity contribution < 1.29 is 9.18 Å². The van der Waals surface area contributed by atoms with E-state index in [1.807, 2.05) is 26.0 Å².